The van der Waals surface area contributed by atoms with E-state index in [-0.39, 0.29) is 12.5 Å². The molecule has 0 rings (SSSR count). The van der Waals surface area contributed by atoms with Gasteiger partial charge in [0.15, 0.2) is 0 Å². The second-order valence-corrected chi connectivity index (χ2v) is 3.41. The smallest absolute Gasteiger partial charge is 0.306 e. The van der Waals surface area contributed by atoms with Gasteiger partial charge in [0.1, 0.15) is 0 Å². The van der Waals surface area contributed by atoms with Crippen LogP contribution in [-0.2, 0) is 4.79 Å². The van der Waals surface area contributed by atoms with Crippen LogP contribution >= 0.6 is 0 Å². The molecule has 0 heterocycles. The molecular weight excluding hydrogens is 172 g/mol. The van der Waals surface area contributed by atoms with Crippen molar-refractivity contribution in [3.05, 3.63) is 0 Å². The summed E-state index contributed by atoms with van der Waals surface area (Å²) in [5.74, 6) is -1.43. The van der Waals surface area contributed by atoms with Crippen LogP contribution in [0.15, 0.2) is 0 Å². The van der Waals surface area contributed by atoms with Gasteiger partial charge in [0.2, 0.25) is 0 Å². The molecule has 3 unspecified atom stereocenters. The number of hydrogen-bond donors (Lipinski definition) is 3. The quantitative estimate of drug-likeness (QED) is 0.569. The van der Waals surface area contributed by atoms with Crippen LogP contribution in [0.3, 0.4) is 0 Å². The first-order valence-corrected chi connectivity index (χ1v) is 4.54. The van der Waals surface area contributed by atoms with Crippen molar-refractivity contribution in [2.24, 2.45) is 11.8 Å². The lowest BCUT2D eigenvalue weighted by Crippen LogP contribution is -2.26. The van der Waals surface area contributed by atoms with Crippen molar-refractivity contribution >= 4 is 5.97 Å². The molecule has 0 aliphatic carbocycles. The molecular formula is C9H18O4. The summed E-state index contributed by atoms with van der Waals surface area (Å²) in [4.78, 5) is 10.6. The molecule has 0 fully saturated rings. The Labute approximate surface area is 78.2 Å². The highest BCUT2D eigenvalue weighted by atomic mass is 16.4. The van der Waals surface area contributed by atoms with Gasteiger partial charge < -0.3 is 15.3 Å². The minimum atomic E-state index is -0.834. The Morgan fingerprint density at radius 1 is 1.46 bits per heavy atom. The number of carboxylic acids is 1. The monoisotopic (exact) mass is 190 g/mol. The van der Waals surface area contributed by atoms with Gasteiger partial charge >= 0.3 is 5.97 Å². The van der Waals surface area contributed by atoms with Crippen LogP contribution in [0.5, 0.6) is 0 Å². The van der Waals surface area contributed by atoms with Crippen LogP contribution in [0.2, 0.25) is 0 Å². The van der Waals surface area contributed by atoms with Crippen molar-refractivity contribution in [1.29, 1.82) is 0 Å². The van der Waals surface area contributed by atoms with Gasteiger partial charge in [-0.2, -0.15) is 0 Å². The van der Waals surface area contributed by atoms with Crippen LogP contribution in [0.4, 0.5) is 0 Å². The second kappa shape index (κ2) is 5.94. The summed E-state index contributed by atoms with van der Waals surface area (Å²) in [5, 5.41) is 26.6. The minimum absolute atomic E-state index is 0.175. The number of aliphatic carboxylic acids is 1. The lowest BCUT2D eigenvalue weighted by molar-refractivity contribution is -0.142. The highest BCUT2D eigenvalue weighted by Gasteiger charge is 2.22. The molecule has 3 N–H and O–H groups in total. The van der Waals surface area contributed by atoms with E-state index in [0.29, 0.717) is 12.8 Å². The first kappa shape index (κ1) is 12.4. The van der Waals surface area contributed by atoms with Gasteiger partial charge in [0.25, 0.3) is 0 Å². The predicted octanol–water partition coefficient (Wildman–Crippen LogP) is 0.477. The van der Waals surface area contributed by atoms with Gasteiger partial charge in [-0.25, -0.2) is 0 Å². The molecule has 0 radical (unpaired) electrons. The van der Waals surface area contributed by atoms with Crippen molar-refractivity contribution < 1.29 is 20.1 Å². The number of aliphatic hydroxyl groups excluding tert-OH is 2. The van der Waals surface area contributed by atoms with Crippen LogP contribution in [-0.4, -0.2) is 34.0 Å². The summed E-state index contributed by atoms with van der Waals surface area (Å²) in [6.45, 7) is 3.24. The molecule has 4 heteroatoms. The van der Waals surface area contributed by atoms with E-state index in [4.69, 9.17) is 10.2 Å². The molecule has 0 saturated carbocycles. The summed E-state index contributed by atoms with van der Waals surface area (Å²) < 4.78 is 0. The van der Waals surface area contributed by atoms with Crippen molar-refractivity contribution in [2.75, 3.05) is 6.61 Å². The Kier molecular flexibility index (Phi) is 5.66. The van der Waals surface area contributed by atoms with E-state index < -0.39 is 18.0 Å². The van der Waals surface area contributed by atoms with E-state index in [1.165, 1.54) is 0 Å². The number of aliphatic hydroxyl groups is 2. The topological polar surface area (TPSA) is 77.8 Å². The van der Waals surface area contributed by atoms with E-state index in [9.17, 15) is 9.90 Å². The lowest BCUT2D eigenvalue weighted by Gasteiger charge is -2.19. The molecule has 0 bridgehead atoms. The lowest BCUT2D eigenvalue weighted by atomic mass is 9.90. The SMILES string of the molecule is CCC(CC(C)C(O)CO)C(=O)O. The fraction of sp³-hybridized carbons (Fsp3) is 0.889. The minimum Gasteiger partial charge on any atom is -0.481 e. The molecule has 0 aliphatic heterocycles. The van der Waals surface area contributed by atoms with E-state index in [1.54, 1.807) is 13.8 Å². The van der Waals surface area contributed by atoms with Gasteiger partial charge in [-0.15, -0.1) is 0 Å². The molecule has 0 aromatic rings. The average molecular weight is 190 g/mol. The van der Waals surface area contributed by atoms with Crippen LogP contribution < -0.4 is 0 Å². The molecule has 13 heavy (non-hydrogen) atoms. The predicted molar refractivity (Wildman–Crippen MR) is 48.3 cm³/mol. The summed E-state index contributed by atoms with van der Waals surface area (Å²) in [6, 6.07) is 0. The van der Waals surface area contributed by atoms with Crippen LogP contribution in [0, 0.1) is 11.8 Å². The highest BCUT2D eigenvalue weighted by molar-refractivity contribution is 5.69. The molecule has 0 saturated heterocycles. The third-order valence-corrected chi connectivity index (χ3v) is 2.34. The molecule has 0 amide bonds. The number of carboxylic acid groups (broad SMARTS) is 1. The van der Waals surface area contributed by atoms with Gasteiger partial charge in [0.05, 0.1) is 18.6 Å². The molecule has 4 nitrogen and oxygen atoms in total. The number of rotatable bonds is 6. The summed E-state index contributed by atoms with van der Waals surface area (Å²) >= 11 is 0. The maximum Gasteiger partial charge on any atom is 0.306 e. The molecule has 0 aromatic heterocycles. The van der Waals surface area contributed by atoms with Gasteiger partial charge in [-0.1, -0.05) is 13.8 Å². The highest BCUT2D eigenvalue weighted by Crippen LogP contribution is 2.18. The van der Waals surface area contributed by atoms with E-state index in [1.807, 2.05) is 0 Å². The second-order valence-electron chi connectivity index (χ2n) is 3.41. The molecule has 3 atom stereocenters. The zero-order valence-electron chi connectivity index (χ0n) is 8.10. The van der Waals surface area contributed by atoms with E-state index >= 15 is 0 Å². The average Bonchev–Trinajstić information content (AvgIpc) is 2.11. The first-order chi connectivity index (χ1) is 6.02. The van der Waals surface area contributed by atoms with E-state index in [2.05, 4.69) is 0 Å². The third-order valence-electron chi connectivity index (χ3n) is 2.34. The van der Waals surface area contributed by atoms with Crippen molar-refractivity contribution in [2.45, 2.75) is 32.8 Å². The Hall–Kier alpha value is -0.610. The standard InChI is InChI=1S/C9H18O4/c1-3-7(9(12)13)4-6(2)8(11)5-10/h6-8,10-11H,3-5H2,1-2H3,(H,12,13). The normalized spacial score (nSPS) is 17.8. The Balaban J connectivity index is 4.00. The van der Waals surface area contributed by atoms with Gasteiger partial charge in [-0.05, 0) is 18.8 Å². The number of carbonyl (C=O) groups is 1. The number of hydrogen-bond acceptors (Lipinski definition) is 3. The largest absolute Gasteiger partial charge is 0.481 e. The molecule has 0 aromatic carbocycles. The summed E-state index contributed by atoms with van der Waals surface area (Å²) in [5.41, 5.74) is 0. The van der Waals surface area contributed by atoms with Crippen molar-refractivity contribution in [3.8, 4) is 0 Å². The fourth-order valence-electron chi connectivity index (χ4n) is 1.23. The first-order valence-electron chi connectivity index (χ1n) is 4.54. The molecule has 78 valence electrons. The zero-order valence-corrected chi connectivity index (χ0v) is 8.10. The fourth-order valence-corrected chi connectivity index (χ4v) is 1.23. The van der Waals surface area contributed by atoms with Crippen LogP contribution in [0.25, 0.3) is 0 Å². The zero-order chi connectivity index (χ0) is 10.4. The maximum atomic E-state index is 10.6. The Bertz CT molecular complexity index is 158. The van der Waals surface area contributed by atoms with Crippen molar-refractivity contribution in [3.63, 3.8) is 0 Å². The van der Waals surface area contributed by atoms with Gasteiger partial charge in [0, 0.05) is 0 Å². The van der Waals surface area contributed by atoms with Gasteiger partial charge in [-0.3, -0.25) is 4.79 Å². The summed E-state index contributed by atoms with van der Waals surface area (Å²) in [7, 11) is 0. The summed E-state index contributed by atoms with van der Waals surface area (Å²) in [6.07, 6.45) is 0.152. The van der Waals surface area contributed by atoms with Crippen molar-refractivity contribution in [1.82, 2.24) is 0 Å². The van der Waals surface area contributed by atoms with E-state index in [0.717, 1.165) is 0 Å². The van der Waals surface area contributed by atoms with Crippen LogP contribution in [0.1, 0.15) is 26.7 Å². The Morgan fingerprint density at radius 3 is 2.31 bits per heavy atom. The Morgan fingerprint density at radius 2 is 2.00 bits per heavy atom. The molecule has 0 spiro atoms. The third kappa shape index (κ3) is 4.24. The maximum absolute atomic E-state index is 10.6. The molecule has 0 aliphatic rings.